The number of piperidine rings is 1. The number of rotatable bonds is 2. The van der Waals surface area contributed by atoms with Crippen molar-refractivity contribution in [3.8, 4) is 0 Å². The summed E-state index contributed by atoms with van der Waals surface area (Å²) in [6, 6.07) is 7.05. The van der Waals surface area contributed by atoms with Crippen LogP contribution >= 0.6 is 11.6 Å². The maximum Gasteiger partial charge on any atom is 0.0474 e. The first-order valence-electron chi connectivity index (χ1n) is 6.62. The van der Waals surface area contributed by atoms with Crippen LogP contribution < -0.4 is 10.2 Å². The third-order valence-electron chi connectivity index (χ3n) is 3.90. The molecule has 3 rings (SSSR count). The zero-order chi connectivity index (χ0) is 11.7. The Kier molecular flexibility index (Phi) is 3.26. The lowest BCUT2D eigenvalue weighted by Gasteiger charge is -2.31. The Hall–Kier alpha value is -0.730. The van der Waals surface area contributed by atoms with Gasteiger partial charge in [-0.3, -0.25) is 0 Å². The summed E-state index contributed by atoms with van der Waals surface area (Å²) in [5.41, 5.74) is 2.55. The van der Waals surface area contributed by atoms with Gasteiger partial charge in [0.25, 0.3) is 0 Å². The van der Waals surface area contributed by atoms with Crippen LogP contribution in [0.3, 0.4) is 0 Å². The van der Waals surface area contributed by atoms with E-state index < -0.39 is 0 Å². The summed E-state index contributed by atoms with van der Waals surface area (Å²) in [6.45, 7) is 3.48. The summed E-state index contributed by atoms with van der Waals surface area (Å²) in [5.74, 6) is 0. The van der Waals surface area contributed by atoms with Gasteiger partial charge in [-0.1, -0.05) is 17.7 Å². The van der Waals surface area contributed by atoms with Crippen LogP contribution in [0.1, 0.15) is 37.3 Å². The molecule has 2 nitrogen and oxygen atoms in total. The number of hydrogen-bond acceptors (Lipinski definition) is 2. The molecule has 0 amide bonds. The minimum Gasteiger partial charge on any atom is -0.371 e. The smallest absolute Gasteiger partial charge is 0.0474 e. The van der Waals surface area contributed by atoms with E-state index in [-0.39, 0.29) is 0 Å². The molecule has 1 aromatic rings. The molecule has 17 heavy (non-hydrogen) atoms. The van der Waals surface area contributed by atoms with Gasteiger partial charge in [0.2, 0.25) is 0 Å². The molecular formula is C14H19ClN2. The van der Waals surface area contributed by atoms with E-state index in [2.05, 4.69) is 28.4 Å². The predicted molar refractivity (Wildman–Crippen MR) is 72.9 cm³/mol. The maximum atomic E-state index is 6.39. The van der Waals surface area contributed by atoms with E-state index in [0.29, 0.717) is 6.04 Å². The SMILES string of the molecule is Clc1cc(N2CCCCC2)ccc1[C@H]1CCN1. The average molecular weight is 251 g/mol. The molecule has 1 atom stereocenters. The minimum absolute atomic E-state index is 0.484. The highest BCUT2D eigenvalue weighted by Gasteiger charge is 2.21. The normalized spacial score (nSPS) is 24.5. The van der Waals surface area contributed by atoms with Crippen LogP contribution in [0.5, 0.6) is 0 Å². The fourth-order valence-corrected chi connectivity index (χ4v) is 3.01. The van der Waals surface area contributed by atoms with E-state index in [4.69, 9.17) is 11.6 Å². The molecular weight excluding hydrogens is 232 g/mol. The van der Waals surface area contributed by atoms with Gasteiger partial charge in [-0.25, -0.2) is 0 Å². The predicted octanol–water partition coefficient (Wildman–Crippen LogP) is 3.36. The molecule has 0 aliphatic carbocycles. The van der Waals surface area contributed by atoms with Crippen molar-refractivity contribution in [1.82, 2.24) is 5.32 Å². The van der Waals surface area contributed by atoms with Crippen LogP contribution in [-0.4, -0.2) is 19.6 Å². The molecule has 3 heteroatoms. The number of anilines is 1. The molecule has 0 bridgehead atoms. The Morgan fingerprint density at radius 2 is 1.94 bits per heavy atom. The topological polar surface area (TPSA) is 15.3 Å². The first kappa shape index (κ1) is 11.4. The summed E-state index contributed by atoms with van der Waals surface area (Å²) in [6.07, 6.45) is 5.20. The molecule has 0 saturated carbocycles. The first-order chi connectivity index (χ1) is 8.34. The Bertz CT molecular complexity index is 395. The Morgan fingerprint density at radius 3 is 2.53 bits per heavy atom. The monoisotopic (exact) mass is 250 g/mol. The first-order valence-corrected chi connectivity index (χ1v) is 7.00. The van der Waals surface area contributed by atoms with Crippen LogP contribution in [0.15, 0.2) is 18.2 Å². The van der Waals surface area contributed by atoms with E-state index in [1.165, 1.54) is 50.0 Å². The van der Waals surface area contributed by atoms with Gasteiger partial charge in [0.15, 0.2) is 0 Å². The van der Waals surface area contributed by atoms with Gasteiger partial charge in [0.05, 0.1) is 0 Å². The highest BCUT2D eigenvalue weighted by molar-refractivity contribution is 6.31. The molecule has 2 aliphatic heterocycles. The van der Waals surface area contributed by atoms with Crippen LogP contribution in [0.4, 0.5) is 5.69 Å². The third-order valence-corrected chi connectivity index (χ3v) is 4.23. The van der Waals surface area contributed by atoms with Crippen LogP contribution in [0.25, 0.3) is 0 Å². The lowest BCUT2D eigenvalue weighted by Crippen LogP contribution is -2.35. The average Bonchev–Trinajstić information content (AvgIpc) is 2.30. The van der Waals surface area contributed by atoms with E-state index in [1.807, 2.05) is 0 Å². The van der Waals surface area contributed by atoms with Gasteiger partial charge in [-0.05, 0) is 49.9 Å². The fourth-order valence-electron chi connectivity index (χ4n) is 2.70. The van der Waals surface area contributed by atoms with Crippen LogP contribution in [0.2, 0.25) is 5.02 Å². The second kappa shape index (κ2) is 4.87. The van der Waals surface area contributed by atoms with Crippen molar-refractivity contribution in [2.45, 2.75) is 31.7 Å². The van der Waals surface area contributed by atoms with Crippen LogP contribution in [0, 0.1) is 0 Å². The molecule has 2 heterocycles. The van der Waals surface area contributed by atoms with Crippen LogP contribution in [-0.2, 0) is 0 Å². The summed E-state index contributed by atoms with van der Waals surface area (Å²) in [4.78, 5) is 2.45. The van der Waals surface area contributed by atoms with E-state index in [0.717, 1.165) is 11.6 Å². The highest BCUT2D eigenvalue weighted by atomic mass is 35.5. The Balaban J connectivity index is 1.79. The van der Waals surface area contributed by atoms with E-state index >= 15 is 0 Å². The second-order valence-electron chi connectivity index (χ2n) is 5.05. The minimum atomic E-state index is 0.484. The van der Waals surface area contributed by atoms with Crippen molar-refractivity contribution >= 4 is 17.3 Å². The summed E-state index contributed by atoms with van der Waals surface area (Å²) < 4.78 is 0. The molecule has 1 aromatic carbocycles. The van der Waals surface area contributed by atoms with Crippen molar-refractivity contribution in [3.05, 3.63) is 28.8 Å². The van der Waals surface area contributed by atoms with Gasteiger partial charge in [0, 0.05) is 29.8 Å². The van der Waals surface area contributed by atoms with Crippen molar-refractivity contribution in [2.24, 2.45) is 0 Å². The molecule has 0 radical (unpaired) electrons. The van der Waals surface area contributed by atoms with Crippen molar-refractivity contribution in [1.29, 1.82) is 0 Å². The van der Waals surface area contributed by atoms with Crippen molar-refractivity contribution < 1.29 is 0 Å². The van der Waals surface area contributed by atoms with Gasteiger partial charge in [-0.15, -0.1) is 0 Å². The van der Waals surface area contributed by atoms with E-state index in [9.17, 15) is 0 Å². The molecule has 0 spiro atoms. The molecule has 2 saturated heterocycles. The quantitative estimate of drug-likeness (QED) is 0.866. The molecule has 0 unspecified atom stereocenters. The maximum absolute atomic E-state index is 6.39. The number of benzene rings is 1. The lowest BCUT2D eigenvalue weighted by molar-refractivity contribution is 0.383. The number of hydrogen-bond donors (Lipinski definition) is 1. The largest absolute Gasteiger partial charge is 0.371 e. The Morgan fingerprint density at radius 1 is 1.18 bits per heavy atom. The number of nitrogens with zero attached hydrogens (tertiary/aromatic N) is 1. The molecule has 2 fully saturated rings. The van der Waals surface area contributed by atoms with Gasteiger partial charge in [-0.2, -0.15) is 0 Å². The van der Waals surface area contributed by atoms with Gasteiger partial charge in [0.1, 0.15) is 0 Å². The van der Waals surface area contributed by atoms with Crippen molar-refractivity contribution in [3.63, 3.8) is 0 Å². The molecule has 92 valence electrons. The molecule has 1 N–H and O–H groups in total. The molecule has 0 aromatic heterocycles. The second-order valence-corrected chi connectivity index (χ2v) is 5.46. The zero-order valence-electron chi connectivity index (χ0n) is 10.1. The zero-order valence-corrected chi connectivity index (χ0v) is 10.8. The third kappa shape index (κ3) is 2.29. The number of nitrogens with one attached hydrogen (secondary N) is 1. The Labute approximate surface area is 108 Å². The number of halogens is 1. The lowest BCUT2D eigenvalue weighted by atomic mass is 9.97. The molecule has 2 aliphatic rings. The summed E-state index contributed by atoms with van der Waals surface area (Å²) in [7, 11) is 0. The highest BCUT2D eigenvalue weighted by Crippen LogP contribution is 2.32. The van der Waals surface area contributed by atoms with Crippen molar-refractivity contribution in [2.75, 3.05) is 24.5 Å². The summed E-state index contributed by atoms with van der Waals surface area (Å²) in [5, 5.41) is 4.33. The van der Waals surface area contributed by atoms with Gasteiger partial charge < -0.3 is 10.2 Å². The van der Waals surface area contributed by atoms with Gasteiger partial charge >= 0.3 is 0 Å². The standard InChI is InChI=1S/C14H19ClN2/c15-13-10-11(17-8-2-1-3-9-17)4-5-12(13)14-6-7-16-14/h4-5,10,14,16H,1-3,6-9H2/t14-/m1/s1. The van der Waals surface area contributed by atoms with E-state index in [1.54, 1.807) is 0 Å². The summed E-state index contributed by atoms with van der Waals surface area (Å²) >= 11 is 6.39. The fraction of sp³-hybridized carbons (Fsp3) is 0.571.